The highest BCUT2D eigenvalue weighted by Crippen LogP contribution is 2.42. The minimum atomic E-state index is -0.0214. The van der Waals surface area contributed by atoms with Crippen LogP contribution >= 0.6 is 15.9 Å². The monoisotopic (exact) mass is 344 g/mol. The fourth-order valence-corrected chi connectivity index (χ4v) is 3.94. The summed E-state index contributed by atoms with van der Waals surface area (Å²) in [6, 6.07) is 2.06. The minimum absolute atomic E-state index is 0.0214. The van der Waals surface area contributed by atoms with Crippen molar-refractivity contribution in [1.82, 2.24) is 5.43 Å². The molecule has 1 spiro atoms. The number of rotatable bonds is 3. The van der Waals surface area contributed by atoms with E-state index in [1.807, 2.05) is 6.07 Å². The van der Waals surface area contributed by atoms with Crippen molar-refractivity contribution in [2.75, 3.05) is 19.8 Å². The van der Waals surface area contributed by atoms with E-state index < -0.39 is 0 Å². The molecule has 1 aromatic rings. The predicted octanol–water partition coefficient (Wildman–Crippen LogP) is 2.52. The van der Waals surface area contributed by atoms with Gasteiger partial charge in [-0.3, -0.25) is 11.3 Å². The molecule has 0 radical (unpaired) electrons. The van der Waals surface area contributed by atoms with Gasteiger partial charge in [0.1, 0.15) is 0 Å². The Balaban J connectivity index is 1.76. The van der Waals surface area contributed by atoms with Crippen LogP contribution in [0.25, 0.3) is 0 Å². The first kappa shape index (κ1) is 14.5. The molecule has 20 heavy (non-hydrogen) atoms. The highest BCUT2D eigenvalue weighted by molar-refractivity contribution is 9.10. The Hall–Kier alpha value is -0.400. The molecule has 2 aliphatic heterocycles. The van der Waals surface area contributed by atoms with E-state index in [1.165, 1.54) is 0 Å². The molecule has 0 aliphatic carbocycles. The minimum Gasteiger partial charge on any atom is -0.457 e. The normalized spacial score (nSPS) is 27.6. The summed E-state index contributed by atoms with van der Waals surface area (Å²) in [6.07, 6.45) is 5.67. The second-order valence-corrected chi connectivity index (χ2v) is 6.41. The standard InChI is InChI=1S/C14H21BrN2O3/c15-13-11(2-5-19-13)12(17-16)10-1-6-20-14(9-10)3-7-18-8-4-14/h2,5,10,12,17H,1,3-4,6-9,16H2. The smallest absolute Gasteiger partial charge is 0.173 e. The first-order chi connectivity index (χ1) is 9.74. The van der Waals surface area contributed by atoms with Crippen molar-refractivity contribution in [2.45, 2.75) is 37.3 Å². The molecule has 2 unspecified atom stereocenters. The number of hydrogen-bond donors (Lipinski definition) is 2. The Kier molecular flexibility index (Phi) is 4.47. The maximum absolute atomic E-state index is 6.10. The predicted molar refractivity (Wildman–Crippen MR) is 77.9 cm³/mol. The van der Waals surface area contributed by atoms with Crippen molar-refractivity contribution in [3.05, 3.63) is 22.6 Å². The summed E-state index contributed by atoms with van der Waals surface area (Å²) in [7, 11) is 0. The maximum atomic E-state index is 6.10. The van der Waals surface area contributed by atoms with Crippen molar-refractivity contribution < 1.29 is 13.9 Å². The SMILES string of the molecule is NNC(c1ccoc1Br)C1CCOC2(CCOCC2)C1. The topological polar surface area (TPSA) is 69.7 Å². The lowest BCUT2D eigenvalue weighted by Gasteiger charge is -2.45. The number of nitrogens with two attached hydrogens (primary N) is 1. The zero-order valence-corrected chi connectivity index (χ0v) is 13.0. The van der Waals surface area contributed by atoms with Crippen LogP contribution in [0.3, 0.4) is 0 Å². The molecule has 2 saturated heterocycles. The fraction of sp³-hybridized carbons (Fsp3) is 0.714. The van der Waals surface area contributed by atoms with Gasteiger partial charge in [0.25, 0.3) is 0 Å². The van der Waals surface area contributed by atoms with E-state index in [9.17, 15) is 0 Å². The van der Waals surface area contributed by atoms with Gasteiger partial charge in [0.2, 0.25) is 0 Å². The van der Waals surface area contributed by atoms with Crippen LogP contribution < -0.4 is 11.3 Å². The van der Waals surface area contributed by atoms with Crippen LogP contribution in [0, 0.1) is 5.92 Å². The third kappa shape index (κ3) is 2.80. The molecule has 0 aromatic carbocycles. The third-order valence-corrected chi connectivity index (χ3v) is 5.21. The van der Waals surface area contributed by atoms with Gasteiger partial charge >= 0.3 is 0 Å². The van der Waals surface area contributed by atoms with Crippen LogP contribution in [0.2, 0.25) is 0 Å². The Morgan fingerprint density at radius 3 is 2.80 bits per heavy atom. The Labute approximate surface area is 127 Å². The number of ether oxygens (including phenoxy) is 2. The van der Waals surface area contributed by atoms with E-state index >= 15 is 0 Å². The van der Waals surface area contributed by atoms with Gasteiger partial charge < -0.3 is 13.9 Å². The van der Waals surface area contributed by atoms with E-state index in [1.54, 1.807) is 6.26 Å². The lowest BCUT2D eigenvalue weighted by Crippen LogP contribution is -2.47. The average Bonchev–Trinajstić information content (AvgIpc) is 2.87. The van der Waals surface area contributed by atoms with Crippen LogP contribution in [-0.4, -0.2) is 25.4 Å². The summed E-state index contributed by atoms with van der Waals surface area (Å²) >= 11 is 3.45. The Bertz CT molecular complexity index is 440. The van der Waals surface area contributed by atoms with Crippen LogP contribution in [0.4, 0.5) is 0 Å². The van der Waals surface area contributed by atoms with Crippen molar-refractivity contribution in [2.24, 2.45) is 11.8 Å². The molecule has 2 aliphatic rings. The van der Waals surface area contributed by atoms with Crippen LogP contribution in [0.5, 0.6) is 0 Å². The van der Waals surface area contributed by atoms with Gasteiger partial charge in [0, 0.05) is 25.4 Å². The zero-order valence-electron chi connectivity index (χ0n) is 11.4. The van der Waals surface area contributed by atoms with E-state index in [0.29, 0.717) is 5.92 Å². The Morgan fingerprint density at radius 2 is 2.15 bits per heavy atom. The Morgan fingerprint density at radius 1 is 1.35 bits per heavy atom. The molecular formula is C14H21BrN2O3. The van der Waals surface area contributed by atoms with Gasteiger partial charge in [-0.15, -0.1) is 0 Å². The molecule has 3 heterocycles. The van der Waals surface area contributed by atoms with Crippen LogP contribution in [0.15, 0.2) is 21.4 Å². The average molecular weight is 345 g/mol. The summed E-state index contributed by atoms with van der Waals surface area (Å²) in [6.45, 7) is 2.38. The van der Waals surface area contributed by atoms with Crippen LogP contribution in [0.1, 0.15) is 37.3 Å². The highest BCUT2D eigenvalue weighted by atomic mass is 79.9. The summed E-state index contributed by atoms with van der Waals surface area (Å²) in [5.41, 5.74) is 4.02. The number of furan rings is 1. The van der Waals surface area contributed by atoms with Gasteiger partial charge in [-0.1, -0.05) is 0 Å². The fourth-order valence-electron chi connectivity index (χ4n) is 3.45. The molecule has 2 fully saturated rings. The molecular weight excluding hydrogens is 324 g/mol. The van der Waals surface area contributed by atoms with Crippen molar-refractivity contribution in [3.63, 3.8) is 0 Å². The molecule has 1 aromatic heterocycles. The summed E-state index contributed by atoms with van der Waals surface area (Å²) in [5.74, 6) is 6.25. The largest absolute Gasteiger partial charge is 0.457 e. The number of hydrazine groups is 1. The third-order valence-electron chi connectivity index (χ3n) is 4.57. The molecule has 6 heteroatoms. The molecule has 112 valence electrons. The van der Waals surface area contributed by atoms with Gasteiger partial charge in [-0.25, -0.2) is 0 Å². The summed E-state index contributed by atoms with van der Waals surface area (Å²) in [5, 5.41) is 0. The van der Waals surface area contributed by atoms with Gasteiger partial charge in [0.15, 0.2) is 4.67 Å². The molecule has 5 nitrogen and oxygen atoms in total. The zero-order chi connectivity index (χ0) is 14.0. The first-order valence-corrected chi connectivity index (χ1v) is 7.94. The van der Waals surface area contributed by atoms with Crippen LogP contribution in [-0.2, 0) is 9.47 Å². The molecule has 2 atom stereocenters. The molecule has 0 amide bonds. The van der Waals surface area contributed by atoms with Crippen molar-refractivity contribution in [1.29, 1.82) is 0 Å². The molecule has 0 saturated carbocycles. The highest BCUT2D eigenvalue weighted by Gasteiger charge is 2.41. The van der Waals surface area contributed by atoms with Crippen molar-refractivity contribution in [3.8, 4) is 0 Å². The van der Waals surface area contributed by atoms with Gasteiger partial charge in [0.05, 0.1) is 17.9 Å². The molecule has 3 rings (SSSR count). The first-order valence-electron chi connectivity index (χ1n) is 7.15. The maximum Gasteiger partial charge on any atom is 0.173 e. The molecule has 3 N–H and O–H groups in total. The van der Waals surface area contributed by atoms with E-state index in [4.69, 9.17) is 19.7 Å². The van der Waals surface area contributed by atoms with E-state index in [-0.39, 0.29) is 11.6 Å². The van der Waals surface area contributed by atoms with Gasteiger partial charge in [-0.2, -0.15) is 0 Å². The second kappa shape index (κ2) is 6.15. The lowest BCUT2D eigenvalue weighted by atomic mass is 9.77. The number of nitrogens with one attached hydrogen (secondary N) is 1. The van der Waals surface area contributed by atoms with E-state index in [2.05, 4.69) is 21.4 Å². The summed E-state index contributed by atoms with van der Waals surface area (Å²) < 4.78 is 17.7. The lowest BCUT2D eigenvalue weighted by molar-refractivity contribution is -0.150. The number of halogens is 1. The van der Waals surface area contributed by atoms with Gasteiger partial charge in [-0.05, 0) is 53.6 Å². The second-order valence-electron chi connectivity index (χ2n) is 5.69. The molecule has 0 bridgehead atoms. The summed E-state index contributed by atoms with van der Waals surface area (Å²) in [4.78, 5) is 0. The number of hydrogen-bond acceptors (Lipinski definition) is 5. The van der Waals surface area contributed by atoms with E-state index in [0.717, 1.165) is 55.7 Å². The quantitative estimate of drug-likeness (QED) is 0.651. The van der Waals surface area contributed by atoms with Crippen molar-refractivity contribution >= 4 is 15.9 Å².